The van der Waals surface area contributed by atoms with Crippen LogP contribution in [0, 0.1) is 12.8 Å². The topological polar surface area (TPSA) is 84.2 Å². The number of hydrogen-bond acceptors (Lipinski definition) is 5. The fraction of sp³-hybridized carbons (Fsp3) is 0.615. The summed E-state index contributed by atoms with van der Waals surface area (Å²) in [5.74, 6) is 1.63. The predicted molar refractivity (Wildman–Crippen MR) is 79.6 cm³/mol. The Morgan fingerprint density at radius 2 is 1.95 bits per heavy atom. The van der Waals surface area contributed by atoms with Crippen LogP contribution in [0.25, 0.3) is 0 Å². The summed E-state index contributed by atoms with van der Waals surface area (Å²) in [6.45, 7) is 7.81. The van der Waals surface area contributed by atoms with E-state index in [0.717, 1.165) is 0 Å². The summed E-state index contributed by atoms with van der Waals surface area (Å²) in [6, 6.07) is 1.77. The Balaban J connectivity index is 2.20. The molecule has 1 rings (SSSR count). The number of thioether (sulfide) groups is 1. The van der Waals surface area contributed by atoms with E-state index in [1.54, 1.807) is 13.0 Å². The number of rotatable bonds is 7. The van der Waals surface area contributed by atoms with Gasteiger partial charge in [0, 0.05) is 12.1 Å². The minimum atomic E-state index is -0.201. The van der Waals surface area contributed by atoms with Gasteiger partial charge in [-0.25, -0.2) is 0 Å². The van der Waals surface area contributed by atoms with E-state index >= 15 is 0 Å². The van der Waals surface area contributed by atoms with Crippen LogP contribution in [-0.2, 0) is 9.59 Å². The fourth-order valence-electron chi connectivity index (χ4n) is 1.30. The highest BCUT2D eigenvalue weighted by Gasteiger charge is 2.12. The number of nitrogens with zero attached hydrogens (tertiary/aromatic N) is 1. The van der Waals surface area contributed by atoms with Crippen LogP contribution in [0.1, 0.15) is 26.5 Å². The molecule has 0 aliphatic carbocycles. The minimum Gasteiger partial charge on any atom is -0.360 e. The molecule has 112 valence electrons. The first-order valence-electron chi connectivity index (χ1n) is 6.48. The molecule has 1 aromatic heterocycles. The SMILES string of the molecule is Cc1cc(NC(=O)CSCC(=O)NC(C)C(C)C)no1. The van der Waals surface area contributed by atoms with E-state index in [2.05, 4.69) is 15.8 Å². The van der Waals surface area contributed by atoms with Gasteiger partial charge in [0.05, 0.1) is 11.5 Å². The molecule has 7 heteroatoms. The van der Waals surface area contributed by atoms with Gasteiger partial charge in [0.2, 0.25) is 11.8 Å². The van der Waals surface area contributed by atoms with Crippen molar-refractivity contribution in [1.29, 1.82) is 0 Å². The van der Waals surface area contributed by atoms with Crippen molar-refractivity contribution in [3.05, 3.63) is 11.8 Å². The van der Waals surface area contributed by atoms with Crippen LogP contribution in [0.2, 0.25) is 0 Å². The number of aryl methyl sites for hydroxylation is 1. The number of carbonyl (C=O) groups is 2. The van der Waals surface area contributed by atoms with E-state index in [4.69, 9.17) is 4.52 Å². The van der Waals surface area contributed by atoms with Gasteiger partial charge < -0.3 is 15.2 Å². The molecule has 0 saturated carbocycles. The van der Waals surface area contributed by atoms with Crippen molar-refractivity contribution >= 4 is 29.4 Å². The molecule has 0 aliphatic heterocycles. The fourth-order valence-corrected chi connectivity index (χ4v) is 1.93. The summed E-state index contributed by atoms with van der Waals surface area (Å²) < 4.78 is 4.84. The summed E-state index contributed by atoms with van der Waals surface area (Å²) in [5, 5.41) is 9.15. The van der Waals surface area contributed by atoms with E-state index < -0.39 is 0 Å². The van der Waals surface area contributed by atoms with Gasteiger partial charge >= 0.3 is 0 Å². The molecular weight excluding hydrogens is 278 g/mol. The van der Waals surface area contributed by atoms with Gasteiger partial charge in [-0.3, -0.25) is 9.59 Å². The second-order valence-corrected chi connectivity index (χ2v) is 5.95. The number of aromatic nitrogens is 1. The normalized spacial score (nSPS) is 12.2. The van der Waals surface area contributed by atoms with Gasteiger partial charge in [0.15, 0.2) is 5.82 Å². The van der Waals surface area contributed by atoms with Gasteiger partial charge in [-0.15, -0.1) is 11.8 Å². The van der Waals surface area contributed by atoms with Crippen LogP contribution in [0.5, 0.6) is 0 Å². The second kappa shape index (κ2) is 7.94. The van der Waals surface area contributed by atoms with E-state index in [1.807, 2.05) is 20.8 Å². The molecule has 0 bridgehead atoms. The zero-order valence-corrected chi connectivity index (χ0v) is 13.0. The lowest BCUT2D eigenvalue weighted by Gasteiger charge is -2.17. The first kappa shape index (κ1) is 16.6. The number of hydrogen-bond donors (Lipinski definition) is 2. The molecule has 0 radical (unpaired) electrons. The molecule has 20 heavy (non-hydrogen) atoms. The highest BCUT2D eigenvalue weighted by molar-refractivity contribution is 8.00. The highest BCUT2D eigenvalue weighted by Crippen LogP contribution is 2.08. The van der Waals surface area contributed by atoms with Crippen LogP contribution < -0.4 is 10.6 Å². The maximum Gasteiger partial charge on any atom is 0.235 e. The first-order valence-corrected chi connectivity index (χ1v) is 7.64. The first-order chi connectivity index (χ1) is 9.38. The average Bonchev–Trinajstić information content (AvgIpc) is 2.74. The molecular formula is C13H21N3O3S. The smallest absolute Gasteiger partial charge is 0.235 e. The third-order valence-corrected chi connectivity index (χ3v) is 3.68. The molecule has 0 saturated heterocycles. The molecule has 0 aliphatic rings. The molecule has 2 N–H and O–H groups in total. The van der Waals surface area contributed by atoms with Gasteiger partial charge in [-0.05, 0) is 19.8 Å². The zero-order valence-electron chi connectivity index (χ0n) is 12.2. The predicted octanol–water partition coefficient (Wildman–Crippen LogP) is 1.82. The Labute approximate surface area is 123 Å². The number of amides is 2. The Hall–Kier alpha value is -1.50. The average molecular weight is 299 g/mol. The van der Waals surface area contributed by atoms with E-state index in [9.17, 15) is 9.59 Å². The Morgan fingerprint density at radius 3 is 2.50 bits per heavy atom. The molecule has 1 heterocycles. The van der Waals surface area contributed by atoms with Crippen LogP contribution in [0.4, 0.5) is 5.82 Å². The third-order valence-electron chi connectivity index (χ3n) is 2.75. The van der Waals surface area contributed by atoms with Crippen molar-refractivity contribution in [3.63, 3.8) is 0 Å². The van der Waals surface area contributed by atoms with E-state index in [1.165, 1.54) is 11.8 Å². The van der Waals surface area contributed by atoms with Crippen LogP contribution >= 0.6 is 11.8 Å². The van der Waals surface area contributed by atoms with Gasteiger partial charge in [0.1, 0.15) is 5.76 Å². The molecule has 2 amide bonds. The number of anilines is 1. The molecule has 0 spiro atoms. The lowest BCUT2D eigenvalue weighted by atomic mass is 10.1. The summed E-state index contributed by atoms with van der Waals surface area (Å²) in [5.41, 5.74) is 0. The number of nitrogens with one attached hydrogen (secondary N) is 2. The lowest BCUT2D eigenvalue weighted by molar-refractivity contribution is -0.119. The quantitative estimate of drug-likeness (QED) is 0.802. The minimum absolute atomic E-state index is 0.0544. The molecule has 6 nitrogen and oxygen atoms in total. The van der Waals surface area contributed by atoms with Gasteiger partial charge in [-0.2, -0.15) is 0 Å². The Bertz CT molecular complexity index is 459. The van der Waals surface area contributed by atoms with E-state index in [0.29, 0.717) is 17.5 Å². The summed E-state index contributed by atoms with van der Waals surface area (Å²) >= 11 is 1.27. The van der Waals surface area contributed by atoms with Crippen molar-refractivity contribution in [2.75, 3.05) is 16.8 Å². The standard InChI is InChI=1S/C13H21N3O3S/c1-8(2)10(4)14-12(17)6-20-7-13(18)15-11-5-9(3)19-16-11/h5,8,10H,6-7H2,1-4H3,(H,14,17)(H,15,16,18). The molecule has 1 atom stereocenters. The molecule has 0 aromatic carbocycles. The maximum atomic E-state index is 11.6. The molecule has 1 unspecified atom stereocenters. The largest absolute Gasteiger partial charge is 0.360 e. The van der Waals surface area contributed by atoms with Gasteiger partial charge in [-0.1, -0.05) is 19.0 Å². The monoisotopic (exact) mass is 299 g/mol. The van der Waals surface area contributed by atoms with Crippen molar-refractivity contribution in [1.82, 2.24) is 10.5 Å². The van der Waals surface area contributed by atoms with Crippen LogP contribution in [0.15, 0.2) is 10.6 Å². The summed E-state index contributed by atoms with van der Waals surface area (Å²) in [6.07, 6.45) is 0. The molecule has 0 fully saturated rings. The second-order valence-electron chi connectivity index (χ2n) is 4.96. The summed E-state index contributed by atoms with van der Waals surface area (Å²) in [7, 11) is 0. The van der Waals surface area contributed by atoms with Crippen molar-refractivity contribution in [2.24, 2.45) is 5.92 Å². The maximum absolute atomic E-state index is 11.6. The third kappa shape index (κ3) is 6.10. The Kier molecular flexibility index (Phi) is 6.57. The Morgan fingerprint density at radius 1 is 1.30 bits per heavy atom. The summed E-state index contributed by atoms with van der Waals surface area (Å²) in [4.78, 5) is 23.2. The highest BCUT2D eigenvalue weighted by atomic mass is 32.2. The van der Waals surface area contributed by atoms with Crippen LogP contribution in [-0.4, -0.2) is 34.5 Å². The van der Waals surface area contributed by atoms with Crippen LogP contribution in [0.3, 0.4) is 0 Å². The lowest BCUT2D eigenvalue weighted by Crippen LogP contribution is -2.37. The molecule has 1 aromatic rings. The van der Waals surface area contributed by atoms with Crippen molar-refractivity contribution < 1.29 is 14.1 Å². The zero-order chi connectivity index (χ0) is 15.1. The van der Waals surface area contributed by atoms with Gasteiger partial charge in [0.25, 0.3) is 0 Å². The number of carbonyl (C=O) groups excluding carboxylic acids is 2. The van der Waals surface area contributed by atoms with Crippen molar-refractivity contribution in [2.45, 2.75) is 33.7 Å². The van der Waals surface area contributed by atoms with Crippen molar-refractivity contribution in [3.8, 4) is 0 Å². The van der Waals surface area contributed by atoms with E-state index in [-0.39, 0.29) is 29.4 Å².